The number of rotatable bonds is 17. The average molecular weight is 605 g/mol. The summed E-state index contributed by atoms with van der Waals surface area (Å²) in [5, 5.41) is 49.4. The highest BCUT2D eigenvalue weighted by Crippen LogP contribution is 2.11. The Balaban J connectivity index is 2.92. The van der Waals surface area contributed by atoms with E-state index in [4.69, 9.17) is 10.8 Å². The van der Waals surface area contributed by atoms with Gasteiger partial charge in [0.15, 0.2) is 0 Å². The second kappa shape index (κ2) is 19.7. The zero-order valence-corrected chi connectivity index (χ0v) is 23.7. The summed E-state index contributed by atoms with van der Waals surface area (Å²) in [6.07, 6.45) is 1.10. The van der Waals surface area contributed by atoms with E-state index in [0.29, 0.717) is 12.8 Å². The van der Waals surface area contributed by atoms with Gasteiger partial charge < -0.3 is 36.6 Å². The van der Waals surface area contributed by atoms with Gasteiger partial charge in [-0.25, -0.2) is 0 Å². The largest absolute Gasteiger partial charge is 0.480 e. The number of nitrogens with two attached hydrogens (primary N) is 1. The number of unbranched alkanes of at least 4 members (excludes halogenated alkanes) is 1. The van der Waals surface area contributed by atoms with Gasteiger partial charge >= 0.3 is 29.8 Å². The number of nitrogens with one attached hydrogen (secondary N) is 1. The molecule has 0 aliphatic carbocycles. The molecule has 1 rings (SSSR count). The van der Waals surface area contributed by atoms with Crippen molar-refractivity contribution in [2.45, 2.75) is 44.2 Å². The molecular formula is C25H44N6O11. The highest BCUT2D eigenvalue weighted by molar-refractivity contribution is 5.78. The lowest BCUT2D eigenvalue weighted by atomic mass is 10.1. The molecule has 17 heteroatoms. The minimum Gasteiger partial charge on any atom is -0.480 e. The van der Waals surface area contributed by atoms with Crippen LogP contribution in [0.2, 0.25) is 0 Å². The molecule has 1 aliphatic rings. The first-order valence-corrected chi connectivity index (χ1v) is 13.8. The molecule has 0 aromatic rings. The van der Waals surface area contributed by atoms with Crippen LogP contribution in [0.5, 0.6) is 0 Å². The molecule has 2 atom stereocenters. The molecule has 8 N–H and O–H groups in total. The van der Waals surface area contributed by atoms with Crippen LogP contribution in [0.1, 0.15) is 32.1 Å². The van der Waals surface area contributed by atoms with Gasteiger partial charge in [0.1, 0.15) is 12.1 Å². The number of carbonyl (C=O) groups excluding carboxylic acids is 1. The summed E-state index contributed by atoms with van der Waals surface area (Å²) in [5.74, 6) is -5.92. The van der Waals surface area contributed by atoms with Gasteiger partial charge in [-0.2, -0.15) is 0 Å². The Bertz CT molecular complexity index is 889. The number of aliphatic carboxylic acids is 5. The Morgan fingerprint density at radius 3 is 1.43 bits per heavy atom. The summed E-state index contributed by atoms with van der Waals surface area (Å²) in [7, 11) is 0. The predicted octanol–water partition coefficient (Wildman–Crippen LogP) is -2.61. The maximum atomic E-state index is 12.4. The standard InChI is InChI=1S/C25H44N6O11/c26-18(24(39)40)3-1-2-6-27-20(32)5-4-19(25(41)42)31-13-11-29(16-22(35)36)9-7-28(15-21(33)34)8-10-30(12-14-31)17-23(37)38/h18-19H,1-17,26H2,(H,27,32)(H,33,34)(H,35,36)(H,37,38)(H,39,40)(H,41,42). The number of hydrogen-bond donors (Lipinski definition) is 7. The summed E-state index contributed by atoms with van der Waals surface area (Å²) in [4.78, 5) is 76.0. The number of hydrogen-bond acceptors (Lipinski definition) is 11. The van der Waals surface area contributed by atoms with Gasteiger partial charge in [-0.15, -0.1) is 0 Å². The van der Waals surface area contributed by atoms with Gasteiger partial charge in [-0.05, 0) is 25.7 Å². The number of carboxylic acid groups (broad SMARTS) is 5. The highest BCUT2D eigenvalue weighted by Gasteiger charge is 2.28. The fourth-order valence-electron chi connectivity index (χ4n) is 4.57. The lowest BCUT2D eigenvalue weighted by Gasteiger charge is -2.35. The third-order valence-corrected chi connectivity index (χ3v) is 6.90. The van der Waals surface area contributed by atoms with Gasteiger partial charge in [0.25, 0.3) is 0 Å². The lowest BCUT2D eigenvalue weighted by Crippen LogP contribution is -2.52. The van der Waals surface area contributed by atoms with Gasteiger partial charge in [0, 0.05) is 65.3 Å². The smallest absolute Gasteiger partial charge is 0.320 e. The molecule has 0 saturated carbocycles. The first-order chi connectivity index (χ1) is 19.8. The van der Waals surface area contributed by atoms with E-state index in [0.717, 1.165) is 0 Å². The van der Waals surface area contributed by atoms with Crippen molar-refractivity contribution in [1.82, 2.24) is 24.9 Å². The van der Waals surface area contributed by atoms with Crippen LogP contribution in [-0.2, 0) is 28.8 Å². The van der Waals surface area contributed by atoms with Crippen molar-refractivity contribution >= 4 is 35.8 Å². The van der Waals surface area contributed by atoms with Crippen molar-refractivity contribution in [2.75, 3.05) is 78.5 Å². The van der Waals surface area contributed by atoms with Crippen molar-refractivity contribution in [3.05, 3.63) is 0 Å². The molecule has 0 aromatic carbocycles. The minimum atomic E-state index is -1.18. The molecular weight excluding hydrogens is 560 g/mol. The molecule has 240 valence electrons. The van der Waals surface area contributed by atoms with E-state index in [2.05, 4.69) is 5.32 Å². The van der Waals surface area contributed by atoms with Crippen LogP contribution >= 0.6 is 0 Å². The summed E-state index contributed by atoms with van der Waals surface area (Å²) >= 11 is 0. The molecule has 1 heterocycles. The molecule has 0 radical (unpaired) electrons. The molecule has 0 aromatic heterocycles. The van der Waals surface area contributed by atoms with Crippen molar-refractivity contribution in [3.63, 3.8) is 0 Å². The molecule has 1 aliphatic heterocycles. The maximum Gasteiger partial charge on any atom is 0.320 e. The van der Waals surface area contributed by atoms with Crippen LogP contribution in [0.3, 0.4) is 0 Å². The van der Waals surface area contributed by atoms with E-state index in [-0.39, 0.29) is 104 Å². The zero-order valence-electron chi connectivity index (χ0n) is 23.7. The maximum absolute atomic E-state index is 12.4. The SMILES string of the molecule is NC(CCCCNC(=O)CCC(C(=O)O)N1CCN(CC(=O)O)CCN(CC(=O)O)CCN(CC(=O)O)CC1)C(=O)O. The summed E-state index contributed by atoms with van der Waals surface area (Å²) in [6, 6.07) is -2.08. The molecule has 1 amide bonds. The van der Waals surface area contributed by atoms with Gasteiger partial charge in [-0.3, -0.25) is 48.4 Å². The Morgan fingerprint density at radius 1 is 0.619 bits per heavy atom. The molecule has 17 nitrogen and oxygen atoms in total. The number of carbonyl (C=O) groups is 6. The van der Waals surface area contributed by atoms with E-state index in [1.165, 1.54) is 0 Å². The minimum absolute atomic E-state index is 0.0463. The van der Waals surface area contributed by atoms with E-state index >= 15 is 0 Å². The first-order valence-electron chi connectivity index (χ1n) is 13.8. The van der Waals surface area contributed by atoms with Crippen molar-refractivity contribution in [1.29, 1.82) is 0 Å². The topological polar surface area (TPSA) is 255 Å². The van der Waals surface area contributed by atoms with Gasteiger partial charge in [0.05, 0.1) is 19.6 Å². The fourth-order valence-corrected chi connectivity index (χ4v) is 4.57. The van der Waals surface area contributed by atoms with E-state index in [1.54, 1.807) is 19.6 Å². The molecule has 1 fully saturated rings. The average Bonchev–Trinajstić information content (AvgIpc) is 2.88. The first kappa shape index (κ1) is 36.6. The van der Waals surface area contributed by atoms with Crippen LogP contribution in [0, 0.1) is 0 Å². The number of carboxylic acids is 5. The van der Waals surface area contributed by atoms with Crippen LogP contribution in [0.4, 0.5) is 0 Å². The van der Waals surface area contributed by atoms with E-state index in [9.17, 15) is 49.2 Å². The zero-order chi connectivity index (χ0) is 31.7. The Morgan fingerprint density at radius 2 is 1.05 bits per heavy atom. The third kappa shape index (κ3) is 16.2. The molecule has 0 spiro atoms. The summed E-state index contributed by atoms with van der Waals surface area (Å²) in [6.45, 7) is 0.679. The summed E-state index contributed by atoms with van der Waals surface area (Å²) < 4.78 is 0. The van der Waals surface area contributed by atoms with Crippen molar-refractivity contribution in [2.24, 2.45) is 5.73 Å². The molecule has 0 bridgehead atoms. The van der Waals surface area contributed by atoms with Crippen LogP contribution < -0.4 is 11.1 Å². The highest BCUT2D eigenvalue weighted by atomic mass is 16.4. The number of amides is 1. The monoisotopic (exact) mass is 604 g/mol. The van der Waals surface area contributed by atoms with Crippen molar-refractivity contribution in [3.8, 4) is 0 Å². The fraction of sp³-hybridized carbons (Fsp3) is 0.760. The van der Waals surface area contributed by atoms with E-state index in [1.807, 2.05) is 0 Å². The van der Waals surface area contributed by atoms with Crippen LogP contribution in [0.25, 0.3) is 0 Å². The Kier molecular flexibility index (Phi) is 17.2. The Labute approximate surface area is 243 Å². The molecule has 42 heavy (non-hydrogen) atoms. The van der Waals surface area contributed by atoms with Crippen molar-refractivity contribution < 1.29 is 54.3 Å². The predicted molar refractivity (Wildman–Crippen MR) is 147 cm³/mol. The van der Waals surface area contributed by atoms with Gasteiger partial charge in [0.2, 0.25) is 5.91 Å². The summed E-state index contributed by atoms with van der Waals surface area (Å²) in [5.41, 5.74) is 5.45. The number of nitrogens with zero attached hydrogens (tertiary/aromatic N) is 4. The Hall–Kier alpha value is -3.38. The quantitative estimate of drug-likeness (QED) is 0.0840. The van der Waals surface area contributed by atoms with E-state index < -0.39 is 41.9 Å². The second-order valence-electron chi connectivity index (χ2n) is 10.2. The molecule has 1 saturated heterocycles. The third-order valence-electron chi connectivity index (χ3n) is 6.90. The van der Waals surface area contributed by atoms with Crippen LogP contribution in [-0.4, -0.2) is 172 Å². The second-order valence-corrected chi connectivity index (χ2v) is 10.2. The molecule has 2 unspecified atom stereocenters. The normalized spacial score (nSPS) is 18.2. The van der Waals surface area contributed by atoms with Gasteiger partial charge in [-0.1, -0.05) is 0 Å². The van der Waals surface area contributed by atoms with Crippen LogP contribution in [0.15, 0.2) is 0 Å². The lowest BCUT2D eigenvalue weighted by molar-refractivity contribution is -0.145.